The molecule has 4 N–H and O–H groups in total. The van der Waals surface area contributed by atoms with Crippen LogP contribution in [-0.2, 0) is 4.79 Å². The van der Waals surface area contributed by atoms with Gasteiger partial charge < -0.3 is 15.9 Å². The van der Waals surface area contributed by atoms with Crippen molar-refractivity contribution in [1.82, 2.24) is 4.90 Å². The normalized spacial score (nSPS) is 31.9. The molecule has 1 saturated heterocycles. The third-order valence-corrected chi connectivity index (χ3v) is 2.29. The molecule has 0 aromatic heterocycles. The molecular weight excluding hydrogens is 195 g/mol. The van der Waals surface area contributed by atoms with Crippen molar-refractivity contribution in [2.75, 3.05) is 13.1 Å². The molecule has 0 aromatic carbocycles. The predicted molar refractivity (Wildman–Crippen MR) is 43.7 cm³/mol. The van der Waals surface area contributed by atoms with Crippen LogP contribution < -0.4 is 5.73 Å². The number of nitrogens with two attached hydrogens (primary N) is 1. The van der Waals surface area contributed by atoms with E-state index in [1.807, 2.05) is 0 Å². The molecule has 2 unspecified atom stereocenters. The van der Waals surface area contributed by atoms with Gasteiger partial charge in [-0.25, -0.2) is 14.0 Å². The van der Waals surface area contributed by atoms with Gasteiger partial charge in [0.1, 0.15) is 11.7 Å². The molecule has 7 heteroatoms. The van der Waals surface area contributed by atoms with E-state index in [9.17, 15) is 14.0 Å². The van der Waals surface area contributed by atoms with Crippen LogP contribution in [-0.4, -0.2) is 52.0 Å². The number of likely N-dealkylation sites (tertiary alicyclic amines) is 1. The summed E-state index contributed by atoms with van der Waals surface area (Å²) in [6.45, 7) is -0.851. The molecule has 1 heterocycles. The fourth-order valence-electron chi connectivity index (χ4n) is 1.51. The van der Waals surface area contributed by atoms with Gasteiger partial charge in [-0.1, -0.05) is 0 Å². The van der Waals surface area contributed by atoms with Crippen LogP contribution in [0.15, 0.2) is 0 Å². The van der Waals surface area contributed by atoms with Crippen LogP contribution in [0.4, 0.5) is 9.18 Å². The lowest BCUT2D eigenvalue weighted by Gasteiger charge is -2.17. The highest BCUT2D eigenvalue weighted by molar-refractivity contribution is 5.80. The molecule has 14 heavy (non-hydrogen) atoms. The lowest BCUT2D eigenvalue weighted by atomic mass is 10.0. The van der Waals surface area contributed by atoms with Gasteiger partial charge in [-0.2, -0.15) is 0 Å². The molecule has 1 amide bonds. The first-order valence-corrected chi connectivity index (χ1v) is 4.01. The number of carboxylic acid groups (broad SMARTS) is 2. The fourth-order valence-corrected chi connectivity index (χ4v) is 1.51. The van der Waals surface area contributed by atoms with Gasteiger partial charge in [-0.3, -0.25) is 4.90 Å². The van der Waals surface area contributed by atoms with Crippen LogP contribution in [0, 0.1) is 0 Å². The summed E-state index contributed by atoms with van der Waals surface area (Å²) >= 11 is 0. The van der Waals surface area contributed by atoms with Gasteiger partial charge in [0, 0.05) is 13.0 Å². The number of carboxylic acids is 1. The molecule has 1 aliphatic rings. The van der Waals surface area contributed by atoms with E-state index >= 15 is 0 Å². The van der Waals surface area contributed by atoms with Crippen LogP contribution in [0.2, 0.25) is 0 Å². The Morgan fingerprint density at radius 1 is 1.57 bits per heavy atom. The summed E-state index contributed by atoms with van der Waals surface area (Å²) in [6, 6.07) is -1.33. The summed E-state index contributed by atoms with van der Waals surface area (Å²) in [4.78, 5) is 21.7. The average Bonchev–Trinajstić information content (AvgIpc) is 2.45. The standard InChI is InChI=1S/C7H11FN2O4/c8-7(2-9)1-4(5(11)12)10(3-7)6(13)14/h4H,1-3,9H2,(H,11,12)(H,13,14). The van der Waals surface area contributed by atoms with Crippen molar-refractivity contribution >= 4 is 12.1 Å². The molecule has 80 valence electrons. The van der Waals surface area contributed by atoms with Crippen molar-refractivity contribution in [3.05, 3.63) is 0 Å². The lowest BCUT2D eigenvalue weighted by molar-refractivity contribution is -0.141. The zero-order valence-corrected chi connectivity index (χ0v) is 7.31. The monoisotopic (exact) mass is 206 g/mol. The molecule has 1 aliphatic heterocycles. The quantitative estimate of drug-likeness (QED) is 0.564. The van der Waals surface area contributed by atoms with Crippen molar-refractivity contribution < 1.29 is 24.2 Å². The molecule has 1 rings (SSSR count). The van der Waals surface area contributed by atoms with Crippen LogP contribution in [0.3, 0.4) is 0 Å². The second-order valence-corrected chi connectivity index (χ2v) is 3.32. The molecule has 0 aliphatic carbocycles. The zero-order valence-electron chi connectivity index (χ0n) is 7.31. The van der Waals surface area contributed by atoms with E-state index in [-0.39, 0.29) is 13.0 Å². The van der Waals surface area contributed by atoms with Crippen LogP contribution in [0.25, 0.3) is 0 Å². The molecule has 0 aromatic rings. The number of alkyl halides is 1. The Bertz CT molecular complexity index is 248. The minimum Gasteiger partial charge on any atom is -0.480 e. The Balaban J connectivity index is 2.85. The smallest absolute Gasteiger partial charge is 0.408 e. The summed E-state index contributed by atoms with van der Waals surface area (Å²) in [7, 11) is 0. The number of rotatable bonds is 2. The molecule has 1 fully saturated rings. The minimum absolute atomic E-state index is 0.374. The Morgan fingerprint density at radius 3 is 2.43 bits per heavy atom. The van der Waals surface area contributed by atoms with Crippen LogP contribution in [0.1, 0.15) is 6.42 Å². The molecule has 0 bridgehead atoms. The molecule has 0 saturated carbocycles. The fraction of sp³-hybridized carbons (Fsp3) is 0.714. The third-order valence-electron chi connectivity index (χ3n) is 2.29. The van der Waals surface area contributed by atoms with Crippen LogP contribution in [0.5, 0.6) is 0 Å². The van der Waals surface area contributed by atoms with Crippen molar-refractivity contribution in [1.29, 1.82) is 0 Å². The van der Waals surface area contributed by atoms with Gasteiger partial charge in [-0.15, -0.1) is 0 Å². The Morgan fingerprint density at radius 2 is 2.14 bits per heavy atom. The lowest BCUT2D eigenvalue weighted by Crippen LogP contribution is -2.40. The molecule has 6 nitrogen and oxygen atoms in total. The molecule has 0 spiro atoms. The van der Waals surface area contributed by atoms with Gasteiger partial charge >= 0.3 is 12.1 Å². The number of halogens is 1. The predicted octanol–water partition coefficient (Wildman–Crippen LogP) is -0.510. The first kappa shape index (κ1) is 10.7. The van der Waals surface area contributed by atoms with E-state index in [0.717, 1.165) is 0 Å². The first-order valence-electron chi connectivity index (χ1n) is 4.01. The molecule has 2 atom stereocenters. The van der Waals surface area contributed by atoms with E-state index in [1.54, 1.807) is 0 Å². The number of hydrogen-bond donors (Lipinski definition) is 3. The second-order valence-electron chi connectivity index (χ2n) is 3.32. The Hall–Kier alpha value is -1.37. The number of aliphatic carboxylic acids is 1. The van der Waals surface area contributed by atoms with E-state index < -0.39 is 30.3 Å². The summed E-state index contributed by atoms with van der Waals surface area (Å²) < 4.78 is 13.6. The van der Waals surface area contributed by atoms with Crippen molar-refractivity contribution in [3.63, 3.8) is 0 Å². The summed E-state index contributed by atoms with van der Waals surface area (Å²) in [5.74, 6) is -1.35. The summed E-state index contributed by atoms with van der Waals surface area (Å²) in [5, 5.41) is 17.3. The number of carbonyl (C=O) groups is 2. The van der Waals surface area contributed by atoms with Crippen molar-refractivity contribution in [2.24, 2.45) is 5.73 Å². The minimum atomic E-state index is -1.92. The maximum absolute atomic E-state index is 13.6. The topological polar surface area (TPSA) is 104 Å². The van der Waals surface area contributed by atoms with E-state index in [4.69, 9.17) is 15.9 Å². The van der Waals surface area contributed by atoms with Crippen molar-refractivity contribution in [2.45, 2.75) is 18.1 Å². The van der Waals surface area contributed by atoms with E-state index in [1.165, 1.54) is 0 Å². The van der Waals surface area contributed by atoms with Gasteiger partial charge in [0.05, 0.1) is 6.54 Å². The third kappa shape index (κ3) is 1.77. The van der Waals surface area contributed by atoms with Gasteiger partial charge in [-0.05, 0) is 0 Å². The maximum Gasteiger partial charge on any atom is 0.408 e. The number of nitrogens with zero attached hydrogens (tertiary/aromatic N) is 1. The van der Waals surface area contributed by atoms with E-state index in [0.29, 0.717) is 4.90 Å². The Labute approximate surface area is 79.1 Å². The largest absolute Gasteiger partial charge is 0.480 e. The number of hydrogen-bond acceptors (Lipinski definition) is 3. The maximum atomic E-state index is 13.6. The highest BCUT2D eigenvalue weighted by Crippen LogP contribution is 2.29. The summed E-state index contributed by atoms with van der Waals surface area (Å²) in [5.41, 5.74) is 3.19. The molecular formula is C7H11FN2O4. The average molecular weight is 206 g/mol. The Kier molecular flexibility index (Phi) is 2.61. The highest BCUT2D eigenvalue weighted by Gasteiger charge is 2.48. The first-order chi connectivity index (χ1) is 6.39. The zero-order chi connectivity index (χ0) is 10.9. The van der Waals surface area contributed by atoms with Gasteiger partial charge in [0.15, 0.2) is 0 Å². The van der Waals surface area contributed by atoms with E-state index in [2.05, 4.69) is 0 Å². The van der Waals surface area contributed by atoms with Crippen molar-refractivity contribution in [3.8, 4) is 0 Å². The molecule has 0 radical (unpaired) electrons. The van der Waals surface area contributed by atoms with Gasteiger partial charge in [0.25, 0.3) is 0 Å². The SMILES string of the molecule is NCC1(F)CC(C(=O)O)N(C(=O)O)C1. The highest BCUT2D eigenvalue weighted by atomic mass is 19.1. The number of amides is 1. The van der Waals surface area contributed by atoms with Gasteiger partial charge in [0.2, 0.25) is 0 Å². The summed E-state index contributed by atoms with van der Waals surface area (Å²) in [6.07, 6.45) is -1.82. The second kappa shape index (κ2) is 3.41. The van der Waals surface area contributed by atoms with Crippen LogP contribution >= 0.6 is 0 Å².